The van der Waals surface area contributed by atoms with Crippen molar-refractivity contribution in [2.45, 2.75) is 0 Å². The summed E-state index contributed by atoms with van der Waals surface area (Å²) in [6.07, 6.45) is 1.45. The lowest BCUT2D eigenvalue weighted by atomic mass is 10.2. The van der Waals surface area contributed by atoms with Crippen LogP contribution in [0.5, 0.6) is 5.75 Å². The molecule has 2 aromatic rings. The molecule has 112 valence electrons. The van der Waals surface area contributed by atoms with E-state index in [1.165, 1.54) is 22.9 Å². The number of nitro groups is 1. The standard InChI is InChI=1S/C13H9ClN4O4/c1-17-6-7(5-15)2-11(17)13(20)16-9-3-8(14)4-10(12(9)19)18(21)22/h2-4,6,19H,1H3,(H,16,20). The highest BCUT2D eigenvalue weighted by atomic mass is 35.5. The Bertz CT molecular complexity index is 822. The van der Waals surface area contributed by atoms with Crippen LogP contribution in [0, 0.1) is 21.4 Å². The zero-order valence-electron chi connectivity index (χ0n) is 11.2. The molecule has 0 aliphatic carbocycles. The van der Waals surface area contributed by atoms with E-state index < -0.39 is 22.3 Å². The van der Waals surface area contributed by atoms with Crippen LogP contribution >= 0.6 is 11.6 Å². The minimum absolute atomic E-state index is 0.00982. The third-order valence-corrected chi connectivity index (χ3v) is 3.08. The number of hydrogen-bond acceptors (Lipinski definition) is 5. The predicted octanol–water partition coefficient (Wildman–Crippen LogP) is 2.42. The molecule has 0 fully saturated rings. The molecule has 1 amide bonds. The van der Waals surface area contributed by atoms with Crippen molar-refractivity contribution >= 4 is 28.9 Å². The van der Waals surface area contributed by atoms with Gasteiger partial charge in [-0.3, -0.25) is 14.9 Å². The van der Waals surface area contributed by atoms with Gasteiger partial charge in [0.15, 0.2) is 0 Å². The summed E-state index contributed by atoms with van der Waals surface area (Å²) in [5, 5.41) is 31.8. The number of nitrogens with one attached hydrogen (secondary N) is 1. The van der Waals surface area contributed by atoms with Crippen molar-refractivity contribution in [2.24, 2.45) is 7.05 Å². The second-order valence-corrected chi connectivity index (χ2v) is 4.81. The van der Waals surface area contributed by atoms with E-state index in [4.69, 9.17) is 16.9 Å². The maximum Gasteiger partial charge on any atom is 0.314 e. The highest BCUT2D eigenvalue weighted by Crippen LogP contribution is 2.37. The minimum atomic E-state index is -0.812. The lowest BCUT2D eigenvalue weighted by molar-refractivity contribution is -0.385. The number of anilines is 1. The fourth-order valence-corrected chi connectivity index (χ4v) is 2.07. The SMILES string of the molecule is Cn1cc(C#N)cc1C(=O)Nc1cc(Cl)cc([N+](=O)[O-])c1O. The first-order valence-electron chi connectivity index (χ1n) is 5.88. The maximum atomic E-state index is 12.1. The molecule has 0 aliphatic heterocycles. The quantitative estimate of drug-likeness (QED) is 0.511. The molecule has 22 heavy (non-hydrogen) atoms. The average Bonchev–Trinajstić information content (AvgIpc) is 2.83. The van der Waals surface area contributed by atoms with E-state index in [0.717, 1.165) is 6.07 Å². The van der Waals surface area contributed by atoms with Crippen LogP contribution in [0.2, 0.25) is 5.02 Å². The topological polar surface area (TPSA) is 121 Å². The number of amides is 1. The van der Waals surface area contributed by atoms with Crippen molar-refractivity contribution in [1.29, 1.82) is 5.26 Å². The number of hydrogen-bond donors (Lipinski definition) is 2. The fraction of sp³-hybridized carbons (Fsp3) is 0.0769. The molecule has 0 aliphatic rings. The van der Waals surface area contributed by atoms with Crippen molar-refractivity contribution in [2.75, 3.05) is 5.32 Å². The van der Waals surface area contributed by atoms with Crippen LogP contribution in [-0.2, 0) is 7.05 Å². The van der Waals surface area contributed by atoms with Crippen LogP contribution in [0.3, 0.4) is 0 Å². The Balaban J connectivity index is 2.38. The number of aryl methyl sites for hydroxylation is 1. The van der Waals surface area contributed by atoms with E-state index in [-0.39, 0.29) is 22.0 Å². The molecule has 0 bridgehead atoms. The van der Waals surface area contributed by atoms with E-state index >= 15 is 0 Å². The zero-order chi connectivity index (χ0) is 16.4. The van der Waals surface area contributed by atoms with Gasteiger partial charge in [0.2, 0.25) is 5.75 Å². The molecule has 0 unspecified atom stereocenters. The van der Waals surface area contributed by atoms with Crippen LogP contribution in [-0.4, -0.2) is 20.5 Å². The molecule has 0 atom stereocenters. The third kappa shape index (κ3) is 2.84. The number of halogens is 1. The normalized spacial score (nSPS) is 10.0. The van der Waals surface area contributed by atoms with Gasteiger partial charge in [-0.25, -0.2) is 0 Å². The van der Waals surface area contributed by atoms with Crippen LogP contribution < -0.4 is 5.32 Å². The molecule has 2 rings (SSSR count). The number of rotatable bonds is 3. The molecule has 9 heteroatoms. The first-order chi connectivity index (χ1) is 10.3. The smallest absolute Gasteiger partial charge is 0.314 e. The van der Waals surface area contributed by atoms with E-state index in [1.807, 2.05) is 6.07 Å². The molecular weight excluding hydrogens is 312 g/mol. The number of nitrogens with zero attached hydrogens (tertiary/aromatic N) is 3. The largest absolute Gasteiger partial charge is 0.501 e. The van der Waals surface area contributed by atoms with Gasteiger partial charge in [-0.15, -0.1) is 0 Å². The van der Waals surface area contributed by atoms with E-state index in [0.29, 0.717) is 0 Å². The summed E-state index contributed by atoms with van der Waals surface area (Å²) in [7, 11) is 1.57. The molecular formula is C13H9ClN4O4. The zero-order valence-corrected chi connectivity index (χ0v) is 12.0. The Hall–Kier alpha value is -3.05. The number of phenolic OH excluding ortho intramolecular Hbond substituents is 1. The van der Waals surface area contributed by atoms with E-state index in [9.17, 15) is 20.0 Å². The Morgan fingerprint density at radius 3 is 2.73 bits per heavy atom. The molecule has 2 N–H and O–H groups in total. The number of benzene rings is 1. The van der Waals surface area contributed by atoms with Gasteiger partial charge in [-0.2, -0.15) is 5.26 Å². The Labute approximate surface area is 129 Å². The van der Waals surface area contributed by atoms with Crippen molar-refractivity contribution in [3.05, 3.63) is 50.8 Å². The van der Waals surface area contributed by atoms with Crippen molar-refractivity contribution in [1.82, 2.24) is 4.57 Å². The monoisotopic (exact) mass is 320 g/mol. The number of carbonyl (C=O) groups is 1. The Morgan fingerprint density at radius 1 is 1.50 bits per heavy atom. The van der Waals surface area contributed by atoms with Gasteiger partial charge in [-0.1, -0.05) is 11.6 Å². The van der Waals surface area contributed by atoms with Gasteiger partial charge >= 0.3 is 5.69 Å². The third-order valence-electron chi connectivity index (χ3n) is 2.87. The number of nitriles is 1. The molecule has 0 saturated carbocycles. The molecule has 0 saturated heterocycles. The Kier molecular flexibility index (Phi) is 4.01. The second kappa shape index (κ2) is 5.75. The Morgan fingerprint density at radius 2 is 2.18 bits per heavy atom. The van der Waals surface area contributed by atoms with Crippen molar-refractivity contribution < 1.29 is 14.8 Å². The lowest BCUT2D eigenvalue weighted by Gasteiger charge is -2.08. The summed E-state index contributed by atoms with van der Waals surface area (Å²) < 4.78 is 1.42. The minimum Gasteiger partial charge on any atom is -0.501 e. The van der Waals surface area contributed by atoms with Gasteiger partial charge in [0.05, 0.1) is 16.2 Å². The number of phenols is 1. The summed E-state index contributed by atoms with van der Waals surface area (Å²) in [6.45, 7) is 0. The van der Waals surface area contributed by atoms with Gasteiger partial charge in [0.1, 0.15) is 11.8 Å². The average molecular weight is 321 g/mol. The summed E-state index contributed by atoms with van der Waals surface area (Å²) in [5.74, 6) is -1.34. The van der Waals surface area contributed by atoms with Gasteiger partial charge in [0, 0.05) is 24.3 Å². The molecule has 8 nitrogen and oxygen atoms in total. The van der Waals surface area contributed by atoms with Crippen molar-refractivity contribution in [3.63, 3.8) is 0 Å². The molecule has 1 heterocycles. The predicted molar refractivity (Wildman–Crippen MR) is 77.9 cm³/mol. The highest BCUT2D eigenvalue weighted by molar-refractivity contribution is 6.31. The van der Waals surface area contributed by atoms with Crippen LogP contribution in [0.1, 0.15) is 16.1 Å². The maximum absolute atomic E-state index is 12.1. The van der Waals surface area contributed by atoms with Crippen LogP contribution in [0.25, 0.3) is 0 Å². The first-order valence-corrected chi connectivity index (χ1v) is 6.26. The van der Waals surface area contributed by atoms with E-state index in [1.54, 1.807) is 7.05 Å². The highest BCUT2D eigenvalue weighted by Gasteiger charge is 2.21. The van der Waals surface area contributed by atoms with Gasteiger partial charge in [0.25, 0.3) is 5.91 Å². The summed E-state index contributed by atoms with van der Waals surface area (Å²) >= 11 is 5.74. The summed E-state index contributed by atoms with van der Waals surface area (Å²) in [4.78, 5) is 22.1. The number of nitro benzene ring substituents is 1. The van der Waals surface area contributed by atoms with Gasteiger partial charge < -0.3 is 15.0 Å². The molecule has 1 aromatic carbocycles. The molecule has 0 radical (unpaired) electrons. The van der Waals surface area contributed by atoms with Crippen LogP contribution in [0.4, 0.5) is 11.4 Å². The number of aromatic nitrogens is 1. The van der Waals surface area contributed by atoms with Crippen LogP contribution in [0.15, 0.2) is 24.4 Å². The number of aromatic hydroxyl groups is 1. The van der Waals surface area contributed by atoms with E-state index in [2.05, 4.69) is 5.32 Å². The lowest BCUT2D eigenvalue weighted by Crippen LogP contribution is -2.15. The number of carbonyl (C=O) groups excluding carboxylic acids is 1. The molecule has 1 aromatic heterocycles. The van der Waals surface area contributed by atoms with Gasteiger partial charge in [-0.05, 0) is 12.1 Å². The summed E-state index contributed by atoms with van der Waals surface area (Å²) in [6, 6.07) is 5.41. The summed E-state index contributed by atoms with van der Waals surface area (Å²) in [5.41, 5.74) is -0.371. The first kappa shape index (κ1) is 15.3. The molecule has 0 spiro atoms. The van der Waals surface area contributed by atoms with Crippen molar-refractivity contribution in [3.8, 4) is 11.8 Å². The second-order valence-electron chi connectivity index (χ2n) is 4.37. The fourth-order valence-electron chi connectivity index (χ4n) is 1.86.